The maximum atomic E-state index is 6.37. The van der Waals surface area contributed by atoms with Crippen LogP contribution in [0.1, 0.15) is 35.7 Å². The van der Waals surface area contributed by atoms with Gasteiger partial charge in [-0.25, -0.2) is 0 Å². The number of aryl methyl sites for hydroxylation is 1. The summed E-state index contributed by atoms with van der Waals surface area (Å²) in [6.45, 7) is 4.96. The van der Waals surface area contributed by atoms with Gasteiger partial charge in [0, 0.05) is 33.0 Å². The van der Waals surface area contributed by atoms with Gasteiger partial charge in [0.25, 0.3) is 0 Å². The van der Waals surface area contributed by atoms with Crippen molar-refractivity contribution < 1.29 is 0 Å². The molecule has 2 aromatic heterocycles. The van der Waals surface area contributed by atoms with Gasteiger partial charge in [-0.15, -0.1) is 11.3 Å². The molecule has 0 bridgehead atoms. The SMILES string of the molecule is CCC(N)C(c1cc(Br)cs1)N(C)Cc1cccc(C)n1. The molecule has 2 aromatic rings. The average molecular weight is 368 g/mol. The van der Waals surface area contributed by atoms with Crippen LogP contribution in [-0.4, -0.2) is 23.0 Å². The van der Waals surface area contributed by atoms with Crippen molar-refractivity contribution in [2.45, 2.75) is 38.9 Å². The first-order valence-corrected chi connectivity index (χ1v) is 8.80. The Kier molecular flexibility index (Phi) is 5.93. The van der Waals surface area contributed by atoms with Crippen LogP contribution in [0.4, 0.5) is 0 Å². The molecule has 0 amide bonds. The van der Waals surface area contributed by atoms with Gasteiger partial charge in [-0.3, -0.25) is 9.88 Å². The summed E-state index contributed by atoms with van der Waals surface area (Å²) in [4.78, 5) is 8.19. The molecule has 114 valence electrons. The molecule has 0 spiro atoms. The van der Waals surface area contributed by atoms with Gasteiger partial charge in [-0.1, -0.05) is 13.0 Å². The number of pyridine rings is 1. The van der Waals surface area contributed by atoms with E-state index in [4.69, 9.17) is 5.73 Å². The van der Waals surface area contributed by atoms with E-state index in [1.807, 2.05) is 13.0 Å². The summed E-state index contributed by atoms with van der Waals surface area (Å²) >= 11 is 5.29. The summed E-state index contributed by atoms with van der Waals surface area (Å²) in [6.07, 6.45) is 0.950. The zero-order valence-corrected chi connectivity index (χ0v) is 15.1. The molecule has 5 heteroatoms. The number of nitrogens with two attached hydrogens (primary N) is 1. The van der Waals surface area contributed by atoms with Crippen molar-refractivity contribution in [1.82, 2.24) is 9.88 Å². The van der Waals surface area contributed by atoms with Crippen LogP contribution in [0.5, 0.6) is 0 Å². The van der Waals surface area contributed by atoms with Gasteiger partial charge in [0.05, 0.1) is 11.7 Å². The van der Waals surface area contributed by atoms with E-state index < -0.39 is 0 Å². The second-order valence-electron chi connectivity index (χ2n) is 5.37. The molecule has 2 atom stereocenters. The standard InChI is InChI=1S/C16H22BrN3S/c1-4-14(18)16(15-8-12(17)10-21-15)20(3)9-13-7-5-6-11(2)19-13/h5-8,10,14,16H,4,9,18H2,1-3H3. The largest absolute Gasteiger partial charge is 0.326 e. The summed E-state index contributed by atoms with van der Waals surface area (Å²) in [7, 11) is 2.12. The van der Waals surface area contributed by atoms with Crippen LogP contribution in [0, 0.1) is 6.92 Å². The van der Waals surface area contributed by atoms with Crippen LogP contribution in [0.25, 0.3) is 0 Å². The molecule has 2 N–H and O–H groups in total. The van der Waals surface area contributed by atoms with Gasteiger partial charge < -0.3 is 5.73 Å². The Morgan fingerprint density at radius 3 is 2.76 bits per heavy atom. The maximum Gasteiger partial charge on any atom is 0.0594 e. The molecule has 2 heterocycles. The molecule has 0 aliphatic heterocycles. The monoisotopic (exact) mass is 367 g/mol. The molecule has 0 aliphatic carbocycles. The minimum atomic E-state index is 0.116. The second kappa shape index (κ2) is 7.49. The molecule has 0 aliphatic rings. The van der Waals surface area contributed by atoms with Gasteiger partial charge in [-0.2, -0.15) is 0 Å². The normalized spacial score (nSPS) is 14.4. The Hall–Kier alpha value is -0.750. The van der Waals surface area contributed by atoms with E-state index in [9.17, 15) is 0 Å². The molecule has 0 saturated heterocycles. The predicted octanol–water partition coefficient (Wildman–Crippen LogP) is 4.12. The first-order valence-electron chi connectivity index (χ1n) is 7.13. The van der Waals surface area contributed by atoms with Crippen molar-refractivity contribution in [2.24, 2.45) is 5.73 Å². The van der Waals surface area contributed by atoms with E-state index in [1.54, 1.807) is 11.3 Å². The Bertz CT molecular complexity index is 584. The quantitative estimate of drug-likeness (QED) is 0.834. The van der Waals surface area contributed by atoms with Crippen molar-refractivity contribution in [2.75, 3.05) is 7.05 Å². The van der Waals surface area contributed by atoms with Crippen molar-refractivity contribution in [3.8, 4) is 0 Å². The molecule has 3 nitrogen and oxygen atoms in total. The van der Waals surface area contributed by atoms with E-state index in [0.29, 0.717) is 0 Å². The van der Waals surface area contributed by atoms with E-state index in [2.05, 4.69) is 63.4 Å². The summed E-state index contributed by atoms with van der Waals surface area (Å²) in [5.74, 6) is 0. The average Bonchev–Trinajstić information content (AvgIpc) is 2.85. The third kappa shape index (κ3) is 4.36. The van der Waals surface area contributed by atoms with Crippen molar-refractivity contribution in [3.05, 3.63) is 50.4 Å². The van der Waals surface area contributed by atoms with E-state index in [1.165, 1.54) is 4.88 Å². The van der Waals surface area contributed by atoms with Crippen LogP contribution >= 0.6 is 27.3 Å². The molecular formula is C16H22BrN3S. The fourth-order valence-electron chi connectivity index (χ4n) is 2.50. The Labute approximate surface area is 139 Å². The van der Waals surface area contributed by atoms with Crippen LogP contribution in [0.2, 0.25) is 0 Å². The molecule has 0 aromatic carbocycles. The molecule has 0 radical (unpaired) electrons. The predicted molar refractivity (Wildman–Crippen MR) is 93.5 cm³/mol. The summed E-state index contributed by atoms with van der Waals surface area (Å²) in [6, 6.07) is 8.66. The molecule has 2 unspecified atom stereocenters. The Morgan fingerprint density at radius 1 is 1.43 bits per heavy atom. The molecule has 2 rings (SSSR count). The number of thiophene rings is 1. The van der Waals surface area contributed by atoms with Gasteiger partial charge in [0.15, 0.2) is 0 Å². The number of nitrogens with zero attached hydrogens (tertiary/aromatic N) is 2. The number of aromatic nitrogens is 1. The highest BCUT2D eigenvalue weighted by Crippen LogP contribution is 2.32. The number of halogens is 1. The van der Waals surface area contributed by atoms with E-state index in [0.717, 1.165) is 28.8 Å². The topological polar surface area (TPSA) is 42.1 Å². The number of rotatable bonds is 6. The van der Waals surface area contributed by atoms with E-state index >= 15 is 0 Å². The van der Waals surface area contributed by atoms with Gasteiger partial charge in [0.1, 0.15) is 0 Å². The highest BCUT2D eigenvalue weighted by Gasteiger charge is 2.25. The first kappa shape index (κ1) is 16.6. The van der Waals surface area contributed by atoms with Gasteiger partial charge in [-0.05, 0) is 54.5 Å². The van der Waals surface area contributed by atoms with Crippen LogP contribution in [-0.2, 0) is 6.54 Å². The van der Waals surface area contributed by atoms with Crippen molar-refractivity contribution >= 4 is 27.3 Å². The van der Waals surface area contributed by atoms with Gasteiger partial charge in [0.2, 0.25) is 0 Å². The number of hydrogen-bond acceptors (Lipinski definition) is 4. The number of hydrogen-bond donors (Lipinski definition) is 1. The highest BCUT2D eigenvalue weighted by molar-refractivity contribution is 9.10. The molecule has 21 heavy (non-hydrogen) atoms. The van der Waals surface area contributed by atoms with Gasteiger partial charge >= 0.3 is 0 Å². The fraction of sp³-hybridized carbons (Fsp3) is 0.438. The third-order valence-electron chi connectivity index (χ3n) is 3.59. The third-order valence-corrected chi connectivity index (χ3v) is 5.35. The summed E-state index contributed by atoms with van der Waals surface area (Å²) in [5, 5.41) is 2.11. The Morgan fingerprint density at radius 2 is 2.19 bits per heavy atom. The number of likely N-dealkylation sites (N-methyl/N-ethyl adjacent to an activating group) is 1. The van der Waals surface area contributed by atoms with Crippen LogP contribution in [0.15, 0.2) is 34.1 Å². The zero-order chi connectivity index (χ0) is 15.4. The Balaban J connectivity index is 2.20. The maximum absolute atomic E-state index is 6.37. The molecule has 0 saturated carbocycles. The minimum Gasteiger partial charge on any atom is -0.326 e. The summed E-state index contributed by atoms with van der Waals surface area (Å²) < 4.78 is 1.12. The smallest absolute Gasteiger partial charge is 0.0594 e. The lowest BCUT2D eigenvalue weighted by molar-refractivity contribution is 0.203. The molecule has 0 fully saturated rings. The van der Waals surface area contributed by atoms with Crippen LogP contribution in [0.3, 0.4) is 0 Å². The fourth-order valence-corrected chi connectivity index (χ4v) is 4.19. The van der Waals surface area contributed by atoms with E-state index in [-0.39, 0.29) is 12.1 Å². The lowest BCUT2D eigenvalue weighted by atomic mass is 10.0. The first-order chi connectivity index (χ1) is 10.0. The molecular weight excluding hydrogens is 346 g/mol. The zero-order valence-electron chi connectivity index (χ0n) is 12.7. The second-order valence-corrected chi connectivity index (χ2v) is 7.23. The minimum absolute atomic E-state index is 0.116. The lowest BCUT2D eigenvalue weighted by Gasteiger charge is -2.31. The summed E-state index contributed by atoms with van der Waals surface area (Å²) in [5.41, 5.74) is 8.51. The van der Waals surface area contributed by atoms with Crippen molar-refractivity contribution in [3.63, 3.8) is 0 Å². The van der Waals surface area contributed by atoms with Crippen LogP contribution < -0.4 is 5.73 Å². The van der Waals surface area contributed by atoms with Crippen molar-refractivity contribution in [1.29, 1.82) is 0 Å². The lowest BCUT2D eigenvalue weighted by Crippen LogP contribution is -2.38. The highest BCUT2D eigenvalue weighted by atomic mass is 79.9.